The minimum Gasteiger partial charge on any atom is -0.468 e. The summed E-state index contributed by atoms with van der Waals surface area (Å²) in [5.74, 6) is -0.267. The third-order valence-electron chi connectivity index (χ3n) is 3.57. The van der Waals surface area contributed by atoms with E-state index >= 15 is 0 Å². The standard InChI is InChI=1S/C16H20N2O2S/c1-11-9-18(10-12(2)21-11)15(16(19)20-3)14-6-4-5-13(7-14)8-17/h4-7,11-12,15H,9-10H2,1-3H3/t11-,12+,15-/m1/s1. The van der Waals surface area contributed by atoms with Crippen molar-refractivity contribution in [2.24, 2.45) is 0 Å². The van der Waals surface area contributed by atoms with Crippen LogP contribution in [0.4, 0.5) is 0 Å². The van der Waals surface area contributed by atoms with Crippen LogP contribution in [0.3, 0.4) is 0 Å². The molecule has 1 heterocycles. The van der Waals surface area contributed by atoms with E-state index < -0.39 is 6.04 Å². The summed E-state index contributed by atoms with van der Waals surface area (Å²) in [4.78, 5) is 14.4. The molecule has 0 amide bonds. The number of carbonyl (C=O) groups excluding carboxylic acids is 1. The average Bonchev–Trinajstić information content (AvgIpc) is 2.46. The molecule has 1 aromatic carbocycles. The topological polar surface area (TPSA) is 53.3 Å². The summed E-state index contributed by atoms with van der Waals surface area (Å²) in [6, 6.07) is 8.91. The molecule has 0 aliphatic carbocycles. The fourth-order valence-electron chi connectivity index (χ4n) is 2.81. The normalized spacial score (nSPS) is 24.1. The molecule has 0 radical (unpaired) electrons. The third kappa shape index (κ3) is 3.78. The van der Waals surface area contributed by atoms with Gasteiger partial charge >= 0.3 is 5.97 Å². The first kappa shape index (κ1) is 15.9. The summed E-state index contributed by atoms with van der Waals surface area (Å²) in [6.07, 6.45) is 0. The van der Waals surface area contributed by atoms with E-state index in [1.807, 2.05) is 23.9 Å². The van der Waals surface area contributed by atoms with Crippen LogP contribution in [0.5, 0.6) is 0 Å². The number of carbonyl (C=O) groups is 1. The molecule has 1 saturated heterocycles. The Balaban J connectivity index is 2.34. The molecule has 0 unspecified atom stereocenters. The lowest BCUT2D eigenvalue weighted by molar-refractivity contribution is -0.147. The van der Waals surface area contributed by atoms with E-state index in [-0.39, 0.29) is 5.97 Å². The van der Waals surface area contributed by atoms with Crippen molar-refractivity contribution in [2.75, 3.05) is 20.2 Å². The highest BCUT2D eigenvalue weighted by molar-refractivity contribution is 8.00. The first-order chi connectivity index (χ1) is 10.0. The maximum Gasteiger partial charge on any atom is 0.327 e. The number of rotatable bonds is 3. The number of hydrogen-bond acceptors (Lipinski definition) is 5. The van der Waals surface area contributed by atoms with Crippen LogP contribution in [0.1, 0.15) is 31.0 Å². The molecule has 0 bridgehead atoms. The molecule has 2 rings (SSSR count). The van der Waals surface area contributed by atoms with E-state index in [1.165, 1.54) is 7.11 Å². The zero-order chi connectivity index (χ0) is 15.4. The van der Waals surface area contributed by atoms with Gasteiger partial charge in [0.1, 0.15) is 6.04 Å². The van der Waals surface area contributed by atoms with Crippen LogP contribution in [0.15, 0.2) is 24.3 Å². The van der Waals surface area contributed by atoms with E-state index in [9.17, 15) is 4.79 Å². The van der Waals surface area contributed by atoms with Crippen LogP contribution in [0.25, 0.3) is 0 Å². The molecule has 0 saturated carbocycles. The monoisotopic (exact) mass is 304 g/mol. The van der Waals surface area contributed by atoms with E-state index in [0.29, 0.717) is 16.1 Å². The fraction of sp³-hybridized carbons (Fsp3) is 0.500. The number of ether oxygens (including phenoxy) is 1. The van der Waals surface area contributed by atoms with Crippen molar-refractivity contribution < 1.29 is 9.53 Å². The maximum absolute atomic E-state index is 12.3. The zero-order valence-corrected chi connectivity index (χ0v) is 13.4. The predicted molar refractivity (Wildman–Crippen MR) is 84.0 cm³/mol. The summed E-state index contributed by atoms with van der Waals surface area (Å²) >= 11 is 1.94. The Hall–Kier alpha value is -1.51. The van der Waals surface area contributed by atoms with Gasteiger partial charge in [-0.2, -0.15) is 17.0 Å². The zero-order valence-electron chi connectivity index (χ0n) is 12.6. The molecule has 0 spiro atoms. The van der Waals surface area contributed by atoms with Crippen molar-refractivity contribution in [2.45, 2.75) is 30.4 Å². The van der Waals surface area contributed by atoms with Gasteiger partial charge in [0.15, 0.2) is 0 Å². The lowest BCUT2D eigenvalue weighted by Gasteiger charge is -2.38. The Bertz CT molecular complexity index is 545. The minimum atomic E-state index is -0.436. The van der Waals surface area contributed by atoms with Gasteiger partial charge in [0, 0.05) is 23.6 Å². The van der Waals surface area contributed by atoms with Gasteiger partial charge in [-0.25, -0.2) is 4.79 Å². The highest BCUT2D eigenvalue weighted by atomic mass is 32.2. The van der Waals surface area contributed by atoms with Crippen molar-refractivity contribution in [3.63, 3.8) is 0 Å². The number of nitriles is 1. The molecule has 1 aliphatic rings. The van der Waals surface area contributed by atoms with Gasteiger partial charge in [-0.3, -0.25) is 4.90 Å². The largest absolute Gasteiger partial charge is 0.468 e. The molecule has 4 nitrogen and oxygen atoms in total. The Morgan fingerprint density at radius 1 is 1.43 bits per heavy atom. The molecule has 0 N–H and O–H groups in total. The molecule has 0 aromatic heterocycles. The lowest BCUT2D eigenvalue weighted by Crippen LogP contribution is -2.45. The van der Waals surface area contributed by atoms with Crippen LogP contribution in [-0.2, 0) is 9.53 Å². The molecular formula is C16H20N2O2S. The molecular weight excluding hydrogens is 284 g/mol. The van der Waals surface area contributed by atoms with Gasteiger partial charge in [-0.15, -0.1) is 0 Å². The number of thioether (sulfide) groups is 1. The summed E-state index contributed by atoms with van der Waals surface area (Å²) in [5, 5.41) is 10.00. The maximum atomic E-state index is 12.3. The van der Waals surface area contributed by atoms with Gasteiger partial charge in [0.2, 0.25) is 0 Å². The van der Waals surface area contributed by atoms with Gasteiger partial charge in [-0.1, -0.05) is 26.0 Å². The average molecular weight is 304 g/mol. The molecule has 3 atom stereocenters. The van der Waals surface area contributed by atoms with Crippen LogP contribution in [-0.4, -0.2) is 41.6 Å². The fourth-order valence-corrected chi connectivity index (χ4v) is 4.16. The number of benzene rings is 1. The molecule has 1 aromatic rings. The highest BCUT2D eigenvalue weighted by Gasteiger charge is 2.33. The van der Waals surface area contributed by atoms with Crippen LogP contribution in [0, 0.1) is 11.3 Å². The minimum absolute atomic E-state index is 0.267. The Labute approximate surface area is 130 Å². The van der Waals surface area contributed by atoms with Crippen molar-refractivity contribution in [1.82, 2.24) is 4.90 Å². The van der Waals surface area contributed by atoms with E-state index in [1.54, 1.807) is 12.1 Å². The van der Waals surface area contributed by atoms with Crippen LogP contribution >= 0.6 is 11.8 Å². The Morgan fingerprint density at radius 3 is 2.67 bits per heavy atom. The molecule has 1 aliphatic heterocycles. The van der Waals surface area contributed by atoms with Gasteiger partial charge in [-0.05, 0) is 17.7 Å². The summed E-state index contributed by atoms with van der Waals surface area (Å²) in [7, 11) is 1.41. The number of nitrogens with zero attached hydrogens (tertiary/aromatic N) is 2. The first-order valence-corrected chi connectivity index (χ1v) is 7.96. The number of methoxy groups -OCH3 is 1. The molecule has 112 valence electrons. The quantitative estimate of drug-likeness (QED) is 0.803. The van der Waals surface area contributed by atoms with Gasteiger partial charge in [0.25, 0.3) is 0 Å². The molecule has 1 fully saturated rings. The second kappa shape index (κ2) is 6.97. The second-order valence-electron chi connectivity index (χ2n) is 5.37. The van der Waals surface area contributed by atoms with E-state index in [2.05, 4.69) is 24.8 Å². The lowest BCUT2D eigenvalue weighted by atomic mass is 10.0. The Morgan fingerprint density at radius 2 is 2.10 bits per heavy atom. The third-order valence-corrected chi connectivity index (χ3v) is 4.80. The SMILES string of the molecule is COC(=O)[C@@H](c1cccc(C#N)c1)N1C[C@@H](C)S[C@@H](C)C1. The smallest absolute Gasteiger partial charge is 0.327 e. The predicted octanol–water partition coefficient (Wildman–Crippen LogP) is 2.60. The summed E-state index contributed by atoms with van der Waals surface area (Å²) in [6.45, 7) is 6.03. The first-order valence-electron chi connectivity index (χ1n) is 7.02. The molecule has 5 heteroatoms. The Kier molecular flexibility index (Phi) is 5.27. The van der Waals surface area contributed by atoms with Crippen LogP contribution < -0.4 is 0 Å². The van der Waals surface area contributed by atoms with Gasteiger partial charge < -0.3 is 4.74 Å². The van der Waals surface area contributed by atoms with E-state index in [4.69, 9.17) is 10.00 Å². The van der Waals surface area contributed by atoms with E-state index in [0.717, 1.165) is 18.7 Å². The van der Waals surface area contributed by atoms with Crippen LogP contribution in [0.2, 0.25) is 0 Å². The molecule has 21 heavy (non-hydrogen) atoms. The summed E-state index contributed by atoms with van der Waals surface area (Å²) in [5.41, 5.74) is 1.39. The number of esters is 1. The second-order valence-corrected chi connectivity index (χ2v) is 7.26. The van der Waals surface area contributed by atoms with Crippen molar-refractivity contribution in [3.8, 4) is 6.07 Å². The van der Waals surface area contributed by atoms with Crippen molar-refractivity contribution >= 4 is 17.7 Å². The number of hydrogen-bond donors (Lipinski definition) is 0. The van der Waals surface area contributed by atoms with Crippen molar-refractivity contribution in [1.29, 1.82) is 5.26 Å². The van der Waals surface area contributed by atoms with Crippen molar-refractivity contribution in [3.05, 3.63) is 35.4 Å². The summed E-state index contributed by atoms with van der Waals surface area (Å²) < 4.78 is 4.99. The van der Waals surface area contributed by atoms with Gasteiger partial charge in [0.05, 0.1) is 18.7 Å². The highest BCUT2D eigenvalue weighted by Crippen LogP contribution is 2.32.